The van der Waals surface area contributed by atoms with Crippen LogP contribution >= 0.6 is 0 Å². The quantitative estimate of drug-likeness (QED) is 0.577. The largest absolute Gasteiger partial charge is 0.480 e. The minimum absolute atomic E-state index is 0.325. The van der Waals surface area contributed by atoms with Crippen LogP contribution in [-0.2, 0) is 4.79 Å². The van der Waals surface area contributed by atoms with E-state index in [0.29, 0.717) is 19.4 Å². The van der Waals surface area contributed by atoms with Gasteiger partial charge in [0.25, 0.3) is 0 Å². The van der Waals surface area contributed by atoms with Crippen LogP contribution in [0.1, 0.15) is 40.0 Å². The van der Waals surface area contributed by atoms with Crippen molar-refractivity contribution in [2.45, 2.75) is 51.7 Å². The molecule has 0 bridgehead atoms. The number of carboxylic acids is 1. The third-order valence-corrected chi connectivity index (χ3v) is 2.22. The number of hydrogen-bond donors (Lipinski definition) is 3. The Bertz CT molecular complexity index is 180. The summed E-state index contributed by atoms with van der Waals surface area (Å²) < 4.78 is 0. The fourth-order valence-electron chi connectivity index (χ4n) is 1.38. The number of carboxylic acid groups (broad SMARTS) is 1. The summed E-state index contributed by atoms with van der Waals surface area (Å²) in [6, 6.07) is -0.557. The lowest BCUT2D eigenvalue weighted by molar-refractivity contribution is -0.139. The Hall–Kier alpha value is -0.610. The Morgan fingerprint density at radius 2 is 2.07 bits per heavy atom. The van der Waals surface area contributed by atoms with Crippen molar-refractivity contribution in [1.82, 2.24) is 5.32 Å². The van der Waals surface area contributed by atoms with Crippen molar-refractivity contribution in [3.05, 3.63) is 0 Å². The molecule has 0 heterocycles. The highest BCUT2D eigenvalue weighted by atomic mass is 16.4. The van der Waals surface area contributed by atoms with Gasteiger partial charge < -0.3 is 15.5 Å². The van der Waals surface area contributed by atoms with E-state index in [9.17, 15) is 9.90 Å². The average molecular weight is 203 g/mol. The minimum Gasteiger partial charge on any atom is -0.480 e. The average Bonchev–Trinajstić information content (AvgIpc) is 2.04. The first kappa shape index (κ1) is 13.4. The minimum atomic E-state index is -0.861. The van der Waals surface area contributed by atoms with Crippen molar-refractivity contribution in [3.63, 3.8) is 0 Å². The Kier molecular flexibility index (Phi) is 5.72. The third kappa shape index (κ3) is 5.19. The summed E-state index contributed by atoms with van der Waals surface area (Å²) in [5.41, 5.74) is -0.808. The summed E-state index contributed by atoms with van der Waals surface area (Å²) in [6.45, 7) is 5.84. The highest BCUT2D eigenvalue weighted by Gasteiger charge is 2.22. The first-order chi connectivity index (χ1) is 6.43. The number of nitrogens with one attached hydrogen (secondary N) is 1. The number of rotatable bonds is 7. The Morgan fingerprint density at radius 3 is 2.43 bits per heavy atom. The lowest BCUT2D eigenvalue weighted by Crippen LogP contribution is -2.45. The van der Waals surface area contributed by atoms with Gasteiger partial charge in [-0.2, -0.15) is 0 Å². The summed E-state index contributed by atoms with van der Waals surface area (Å²) in [6.07, 6.45) is 2.09. The van der Waals surface area contributed by atoms with Gasteiger partial charge in [0, 0.05) is 6.54 Å². The molecule has 4 heteroatoms. The van der Waals surface area contributed by atoms with Crippen LogP contribution in [0.15, 0.2) is 0 Å². The zero-order chi connectivity index (χ0) is 11.2. The fraction of sp³-hybridized carbons (Fsp3) is 0.900. The lowest BCUT2D eigenvalue weighted by Gasteiger charge is -2.25. The predicted molar refractivity (Wildman–Crippen MR) is 55.2 cm³/mol. The van der Waals surface area contributed by atoms with Crippen molar-refractivity contribution in [3.8, 4) is 0 Å². The molecule has 4 nitrogen and oxygen atoms in total. The molecule has 0 rings (SSSR count). The molecule has 2 atom stereocenters. The van der Waals surface area contributed by atoms with Crippen LogP contribution in [0.5, 0.6) is 0 Å². The van der Waals surface area contributed by atoms with E-state index >= 15 is 0 Å². The molecule has 0 amide bonds. The number of carbonyl (C=O) groups is 1. The standard InChI is InChI=1S/C10H21NO3/c1-4-6-10(3,14)7-11-8(5-2)9(12)13/h8,11,14H,4-7H2,1-3H3,(H,12,13). The molecule has 84 valence electrons. The molecule has 0 saturated carbocycles. The number of aliphatic carboxylic acids is 1. The monoisotopic (exact) mass is 203 g/mol. The van der Waals surface area contributed by atoms with Crippen LogP contribution in [0, 0.1) is 0 Å². The normalized spacial score (nSPS) is 17.4. The molecule has 3 N–H and O–H groups in total. The van der Waals surface area contributed by atoms with E-state index < -0.39 is 17.6 Å². The topological polar surface area (TPSA) is 69.6 Å². The lowest BCUT2D eigenvalue weighted by atomic mass is 10.0. The van der Waals surface area contributed by atoms with Crippen LogP contribution in [0.3, 0.4) is 0 Å². The zero-order valence-electron chi connectivity index (χ0n) is 9.21. The molecule has 0 fully saturated rings. The van der Waals surface area contributed by atoms with Crippen molar-refractivity contribution < 1.29 is 15.0 Å². The van der Waals surface area contributed by atoms with E-state index in [1.165, 1.54) is 0 Å². The molecule has 0 aliphatic heterocycles. The van der Waals surface area contributed by atoms with E-state index in [1.54, 1.807) is 13.8 Å². The van der Waals surface area contributed by atoms with E-state index in [4.69, 9.17) is 5.11 Å². The van der Waals surface area contributed by atoms with Crippen molar-refractivity contribution >= 4 is 5.97 Å². The van der Waals surface area contributed by atoms with Gasteiger partial charge >= 0.3 is 5.97 Å². The van der Waals surface area contributed by atoms with E-state index in [2.05, 4.69) is 5.32 Å². The van der Waals surface area contributed by atoms with Gasteiger partial charge in [-0.05, 0) is 19.8 Å². The zero-order valence-corrected chi connectivity index (χ0v) is 9.21. The van der Waals surface area contributed by atoms with Gasteiger partial charge in [0.15, 0.2) is 0 Å². The number of hydrogen-bond acceptors (Lipinski definition) is 3. The van der Waals surface area contributed by atoms with Gasteiger partial charge in [-0.15, -0.1) is 0 Å². The van der Waals surface area contributed by atoms with Crippen molar-refractivity contribution in [2.75, 3.05) is 6.54 Å². The van der Waals surface area contributed by atoms with Crippen LogP contribution in [0.4, 0.5) is 0 Å². The molecule has 0 aromatic carbocycles. The van der Waals surface area contributed by atoms with Crippen LogP contribution < -0.4 is 5.32 Å². The maximum absolute atomic E-state index is 10.7. The van der Waals surface area contributed by atoms with Crippen LogP contribution in [0.25, 0.3) is 0 Å². The van der Waals surface area contributed by atoms with Gasteiger partial charge in [-0.25, -0.2) is 0 Å². The second-order valence-electron chi connectivity index (χ2n) is 3.93. The molecule has 0 aromatic rings. The smallest absolute Gasteiger partial charge is 0.320 e. The predicted octanol–water partition coefficient (Wildman–Crippen LogP) is 0.990. The summed E-state index contributed by atoms with van der Waals surface area (Å²) in [4.78, 5) is 10.7. The van der Waals surface area contributed by atoms with Crippen molar-refractivity contribution in [2.24, 2.45) is 0 Å². The van der Waals surface area contributed by atoms with Gasteiger partial charge in [0.1, 0.15) is 6.04 Å². The summed E-state index contributed by atoms with van der Waals surface area (Å²) in [7, 11) is 0. The molecule has 0 aromatic heterocycles. The first-order valence-electron chi connectivity index (χ1n) is 5.11. The van der Waals surface area contributed by atoms with E-state index in [0.717, 1.165) is 6.42 Å². The highest BCUT2D eigenvalue weighted by molar-refractivity contribution is 5.73. The molecule has 0 spiro atoms. The molecule has 0 radical (unpaired) electrons. The van der Waals surface area contributed by atoms with Crippen molar-refractivity contribution in [1.29, 1.82) is 0 Å². The molecular weight excluding hydrogens is 182 g/mol. The van der Waals surface area contributed by atoms with Gasteiger partial charge in [0.05, 0.1) is 5.60 Å². The molecule has 0 saturated heterocycles. The maximum Gasteiger partial charge on any atom is 0.320 e. The highest BCUT2D eigenvalue weighted by Crippen LogP contribution is 2.10. The van der Waals surface area contributed by atoms with Gasteiger partial charge in [0.2, 0.25) is 0 Å². The molecule has 2 unspecified atom stereocenters. The molecular formula is C10H21NO3. The fourth-order valence-corrected chi connectivity index (χ4v) is 1.38. The van der Waals surface area contributed by atoms with E-state index in [-0.39, 0.29) is 0 Å². The van der Waals surface area contributed by atoms with Crippen LogP contribution in [-0.4, -0.2) is 34.4 Å². The van der Waals surface area contributed by atoms with Crippen LogP contribution in [0.2, 0.25) is 0 Å². The molecule has 0 aliphatic carbocycles. The number of aliphatic hydroxyl groups is 1. The van der Waals surface area contributed by atoms with Gasteiger partial charge in [-0.3, -0.25) is 4.79 Å². The Morgan fingerprint density at radius 1 is 1.50 bits per heavy atom. The molecule has 14 heavy (non-hydrogen) atoms. The van der Waals surface area contributed by atoms with E-state index in [1.807, 2.05) is 6.92 Å². The maximum atomic E-state index is 10.7. The van der Waals surface area contributed by atoms with Gasteiger partial charge in [-0.1, -0.05) is 20.3 Å². The summed E-state index contributed by atoms with van der Waals surface area (Å²) >= 11 is 0. The summed E-state index contributed by atoms with van der Waals surface area (Å²) in [5.74, 6) is -0.861. The third-order valence-electron chi connectivity index (χ3n) is 2.22. The second kappa shape index (κ2) is 5.98. The Balaban J connectivity index is 3.95. The Labute approximate surface area is 85.3 Å². The molecule has 0 aliphatic rings. The SMILES string of the molecule is CCCC(C)(O)CNC(CC)C(=O)O. The summed E-state index contributed by atoms with van der Waals surface area (Å²) in [5, 5.41) is 21.4. The first-order valence-corrected chi connectivity index (χ1v) is 5.11. The second-order valence-corrected chi connectivity index (χ2v) is 3.93.